The van der Waals surface area contributed by atoms with E-state index in [4.69, 9.17) is 14.6 Å². The van der Waals surface area contributed by atoms with Gasteiger partial charge in [0.25, 0.3) is 11.8 Å². The van der Waals surface area contributed by atoms with Crippen molar-refractivity contribution in [3.8, 4) is 28.4 Å². The third kappa shape index (κ3) is 11.6. The normalized spacial score (nSPS) is 25.7. The Bertz CT molecular complexity index is 2390. The SMILES string of the molecule is COc1cccc(OC)c1-c1cc(C(=O)NC2(C(=O)O)C3CC4CC(C3)CC2C4)nn1-c1ccc(C(=O)N(C)CCCN(C)C(=O)CN2CCCN3CCN(CCCN(CC(=O)O)CC3)CC2)cc1C(C)C. The largest absolute Gasteiger partial charge is 0.496 e. The van der Waals surface area contributed by atoms with E-state index in [9.17, 15) is 34.2 Å². The smallest absolute Gasteiger partial charge is 0.330 e. The second kappa shape index (κ2) is 23.1. The third-order valence-electron chi connectivity index (χ3n) is 16.4. The van der Waals surface area contributed by atoms with Gasteiger partial charge in [-0.2, -0.15) is 5.10 Å². The van der Waals surface area contributed by atoms with Crippen LogP contribution < -0.4 is 14.8 Å². The highest BCUT2D eigenvalue weighted by atomic mass is 16.5. The van der Waals surface area contributed by atoms with E-state index in [0.717, 1.165) is 116 Å². The number of carboxylic acids is 2. The van der Waals surface area contributed by atoms with E-state index in [1.165, 1.54) is 0 Å². The van der Waals surface area contributed by atoms with Crippen molar-refractivity contribution >= 4 is 29.7 Å². The van der Waals surface area contributed by atoms with Gasteiger partial charge in [-0.1, -0.05) is 19.9 Å². The number of hydrogen-bond donors (Lipinski definition) is 3. The minimum absolute atomic E-state index is 0.0469. The van der Waals surface area contributed by atoms with Gasteiger partial charge in [0.15, 0.2) is 5.69 Å². The van der Waals surface area contributed by atoms with Gasteiger partial charge in [0.2, 0.25) is 5.91 Å². The van der Waals surface area contributed by atoms with Crippen LogP contribution in [0.5, 0.6) is 11.5 Å². The Labute approximate surface area is 424 Å². The maximum atomic E-state index is 14.5. The number of amides is 3. The molecule has 3 aromatic rings. The Morgan fingerprint density at radius 1 is 0.736 bits per heavy atom. The molecule has 9 rings (SSSR count). The molecule has 6 bridgehead atoms. The number of aromatic nitrogens is 2. The second-order valence-electron chi connectivity index (χ2n) is 21.5. The topological polar surface area (TPSA) is 194 Å². The molecule has 3 heterocycles. The first-order valence-corrected chi connectivity index (χ1v) is 26.2. The molecule has 18 nitrogen and oxygen atoms in total. The third-order valence-corrected chi connectivity index (χ3v) is 16.4. The number of nitrogens with one attached hydrogen (secondary N) is 1. The van der Waals surface area contributed by atoms with E-state index in [2.05, 4.69) is 20.0 Å². The van der Waals surface area contributed by atoms with Crippen molar-refractivity contribution in [1.29, 1.82) is 0 Å². The first-order chi connectivity index (χ1) is 34.6. The fraction of sp³-hybridized carbons (Fsp3) is 0.630. The number of carboxylic acid groups (broad SMARTS) is 2. The molecule has 4 saturated carbocycles. The molecule has 6 aliphatic rings. The van der Waals surface area contributed by atoms with Gasteiger partial charge < -0.3 is 44.6 Å². The number of carbonyl (C=O) groups is 5. The summed E-state index contributed by atoms with van der Waals surface area (Å²) in [4.78, 5) is 79.6. The predicted molar refractivity (Wildman–Crippen MR) is 273 cm³/mol. The van der Waals surface area contributed by atoms with Crippen LogP contribution in [0.4, 0.5) is 0 Å². The molecule has 18 heteroatoms. The number of methoxy groups -OCH3 is 2. The summed E-state index contributed by atoms with van der Waals surface area (Å²) in [6, 6.07) is 12.6. The first-order valence-electron chi connectivity index (χ1n) is 26.2. The molecule has 3 N–H and O–H groups in total. The lowest BCUT2D eigenvalue weighted by atomic mass is 9.48. The van der Waals surface area contributed by atoms with Crippen LogP contribution in [-0.4, -0.2) is 205 Å². The van der Waals surface area contributed by atoms with Gasteiger partial charge in [-0.25, -0.2) is 9.48 Å². The van der Waals surface area contributed by atoms with Crippen molar-refractivity contribution in [2.75, 3.05) is 120 Å². The molecule has 392 valence electrons. The van der Waals surface area contributed by atoms with Gasteiger partial charge >= 0.3 is 11.9 Å². The summed E-state index contributed by atoms with van der Waals surface area (Å²) < 4.78 is 13.4. The molecule has 0 spiro atoms. The van der Waals surface area contributed by atoms with Gasteiger partial charge in [0.05, 0.1) is 44.3 Å². The van der Waals surface area contributed by atoms with Crippen molar-refractivity contribution < 1.29 is 43.7 Å². The summed E-state index contributed by atoms with van der Waals surface area (Å²) in [5.41, 5.74) is 1.71. The van der Waals surface area contributed by atoms with Crippen LogP contribution in [0.2, 0.25) is 0 Å². The average molecular weight is 996 g/mol. The number of likely N-dealkylation sites (N-methyl/N-ethyl adjacent to an activating group) is 1. The van der Waals surface area contributed by atoms with Crippen LogP contribution in [0.3, 0.4) is 0 Å². The van der Waals surface area contributed by atoms with E-state index >= 15 is 0 Å². The quantitative estimate of drug-likeness (QED) is 0.168. The molecule has 0 radical (unpaired) electrons. The number of nitrogens with zero attached hydrogens (tertiary/aromatic N) is 8. The number of benzene rings is 2. The molecular weight excluding hydrogens is 919 g/mol. The highest BCUT2D eigenvalue weighted by molar-refractivity contribution is 5.98. The van der Waals surface area contributed by atoms with E-state index in [1.54, 1.807) is 47.9 Å². The summed E-state index contributed by atoms with van der Waals surface area (Å²) in [7, 11) is 6.73. The van der Waals surface area contributed by atoms with E-state index in [-0.39, 0.29) is 41.8 Å². The lowest BCUT2D eigenvalue weighted by Crippen LogP contribution is -2.70. The highest BCUT2D eigenvalue weighted by Gasteiger charge is 2.62. The molecule has 72 heavy (non-hydrogen) atoms. The van der Waals surface area contributed by atoms with Crippen LogP contribution in [0, 0.1) is 23.7 Å². The van der Waals surface area contributed by atoms with Crippen molar-refractivity contribution in [3.05, 3.63) is 59.3 Å². The zero-order chi connectivity index (χ0) is 51.3. The summed E-state index contributed by atoms with van der Waals surface area (Å²) in [6.07, 6.45) is 6.76. The van der Waals surface area contributed by atoms with Crippen LogP contribution in [0.15, 0.2) is 42.5 Å². The van der Waals surface area contributed by atoms with Crippen molar-refractivity contribution in [3.63, 3.8) is 0 Å². The lowest BCUT2D eigenvalue weighted by Gasteiger charge is -2.59. The van der Waals surface area contributed by atoms with Gasteiger partial charge in [-0.05, 0) is 143 Å². The number of rotatable bonds is 17. The Morgan fingerprint density at radius 2 is 1.31 bits per heavy atom. The van der Waals surface area contributed by atoms with E-state index in [0.29, 0.717) is 71.9 Å². The molecule has 2 aliphatic heterocycles. The fourth-order valence-electron chi connectivity index (χ4n) is 12.7. The number of fused-ring (bicyclic) bond motifs is 3. The van der Waals surface area contributed by atoms with Crippen molar-refractivity contribution in [2.24, 2.45) is 23.7 Å². The summed E-state index contributed by atoms with van der Waals surface area (Å²) in [5.74, 6) is -0.797. The summed E-state index contributed by atoms with van der Waals surface area (Å²) >= 11 is 0. The Hall–Kier alpha value is -5.56. The van der Waals surface area contributed by atoms with Crippen LogP contribution in [-0.2, 0) is 14.4 Å². The number of hydrogen-bond acceptors (Lipinski definition) is 12. The molecular formula is C54H77N9O9. The second-order valence-corrected chi connectivity index (χ2v) is 21.5. The van der Waals surface area contributed by atoms with Crippen LogP contribution >= 0.6 is 0 Å². The van der Waals surface area contributed by atoms with Gasteiger partial charge in [-0.3, -0.25) is 29.0 Å². The number of carbonyl (C=O) groups excluding carboxylic acids is 3. The van der Waals surface area contributed by atoms with Crippen molar-refractivity contribution in [2.45, 2.75) is 76.7 Å². The molecule has 2 saturated heterocycles. The zero-order valence-electron chi connectivity index (χ0n) is 43.3. The fourth-order valence-corrected chi connectivity index (χ4v) is 12.7. The minimum atomic E-state index is -1.36. The molecule has 1 aromatic heterocycles. The monoisotopic (exact) mass is 996 g/mol. The van der Waals surface area contributed by atoms with E-state index in [1.807, 2.05) is 56.1 Å². The molecule has 2 unspecified atom stereocenters. The number of ether oxygens (including phenoxy) is 2. The lowest BCUT2D eigenvalue weighted by molar-refractivity contribution is -0.163. The maximum absolute atomic E-state index is 14.5. The average Bonchev–Trinajstić information content (AvgIpc) is 3.80. The highest BCUT2D eigenvalue weighted by Crippen LogP contribution is 2.58. The Morgan fingerprint density at radius 3 is 1.86 bits per heavy atom. The predicted octanol–water partition coefficient (Wildman–Crippen LogP) is 4.71. The first kappa shape index (κ1) is 52.8. The molecule has 6 fully saturated rings. The summed E-state index contributed by atoms with van der Waals surface area (Å²) in [5, 5.41) is 28.3. The zero-order valence-corrected chi connectivity index (χ0v) is 43.3. The van der Waals surface area contributed by atoms with Crippen LogP contribution in [0.1, 0.15) is 97.5 Å². The van der Waals surface area contributed by atoms with Gasteiger partial charge in [0, 0.05) is 78.6 Å². The van der Waals surface area contributed by atoms with Gasteiger partial charge in [-0.15, -0.1) is 0 Å². The van der Waals surface area contributed by atoms with Crippen molar-refractivity contribution in [1.82, 2.24) is 44.5 Å². The Balaban J connectivity index is 0.941. The molecule has 3 amide bonds. The molecule has 2 atom stereocenters. The Kier molecular flexibility index (Phi) is 16.9. The minimum Gasteiger partial charge on any atom is -0.496 e. The molecule has 2 aromatic carbocycles. The van der Waals surface area contributed by atoms with Crippen LogP contribution in [0.25, 0.3) is 16.9 Å². The number of aliphatic carboxylic acids is 2. The summed E-state index contributed by atoms with van der Waals surface area (Å²) in [6.45, 7) is 13.9. The molecule has 4 aliphatic carbocycles. The van der Waals surface area contributed by atoms with E-state index < -0.39 is 23.4 Å². The maximum Gasteiger partial charge on any atom is 0.330 e. The standard InChI is InChI=1S/C54H77N9O9/c1-36(2)42-32-39(52(68)58(4)16-8-15-57(3)48(64)34-61-19-9-17-60-22-21-59(23-25-61)18-10-20-62(26-24-60)35-49(65)66)13-14-44(42)63-45(50-46(71-5)11-7-12-47(50)72-6)33-43(56-63)51(67)55-54(53(69)70)40-28-37-27-38(30-40)31-41(54)29-37/h7,11-14,32-33,36-38,40-41H,8-10,15-31,34-35H2,1-6H3,(H,55,67)(H,65,66)(H,69,70). The van der Waals surface area contributed by atoms with Gasteiger partial charge in [0.1, 0.15) is 17.0 Å².